The topological polar surface area (TPSA) is 24.6 Å². The monoisotopic (exact) mass is 861 g/mol. The van der Waals surface area contributed by atoms with Gasteiger partial charge in [0.1, 0.15) is 5.76 Å². The van der Waals surface area contributed by atoms with Crippen LogP contribution in [0.25, 0.3) is 72.2 Å². The van der Waals surface area contributed by atoms with Crippen molar-refractivity contribution in [2.24, 2.45) is 0 Å². The van der Waals surface area contributed by atoms with E-state index in [-0.39, 0.29) is 5.41 Å². The van der Waals surface area contributed by atoms with Gasteiger partial charge in [-0.15, -0.1) is 0 Å². The molecule has 4 heteroatoms. The molecule has 2 aromatic heterocycles. The van der Waals surface area contributed by atoms with E-state index in [0.29, 0.717) is 0 Å². The Kier molecular flexibility index (Phi) is 8.97. The van der Waals surface area contributed by atoms with Crippen molar-refractivity contribution in [1.82, 2.24) is 4.57 Å². The molecule has 0 spiro atoms. The molecule has 2 aliphatic rings. The molecular formula is C63H47N3O. The van der Waals surface area contributed by atoms with Crippen LogP contribution in [-0.4, -0.2) is 11.1 Å². The van der Waals surface area contributed by atoms with E-state index in [2.05, 4.69) is 253 Å². The number of rotatable bonds is 8. The Morgan fingerprint density at radius 3 is 1.93 bits per heavy atom. The number of anilines is 5. The summed E-state index contributed by atoms with van der Waals surface area (Å²) in [5, 5.41) is 2.44. The van der Waals surface area contributed by atoms with Crippen LogP contribution < -0.4 is 9.80 Å². The van der Waals surface area contributed by atoms with Crippen molar-refractivity contribution in [2.75, 3.05) is 16.3 Å². The van der Waals surface area contributed by atoms with Crippen LogP contribution in [0, 0.1) is 0 Å². The molecule has 0 saturated heterocycles. The van der Waals surface area contributed by atoms with Crippen molar-refractivity contribution in [3.05, 3.63) is 241 Å². The van der Waals surface area contributed by atoms with Gasteiger partial charge in [0.15, 0.2) is 0 Å². The van der Waals surface area contributed by atoms with E-state index in [4.69, 9.17) is 4.42 Å². The molecule has 1 aliphatic carbocycles. The average molecular weight is 862 g/mol. The lowest BCUT2D eigenvalue weighted by atomic mass is 9.81. The van der Waals surface area contributed by atoms with Crippen molar-refractivity contribution in [3.8, 4) is 50.4 Å². The Labute approximate surface area is 391 Å². The van der Waals surface area contributed by atoms with Crippen LogP contribution in [0.2, 0.25) is 0 Å². The van der Waals surface area contributed by atoms with Crippen LogP contribution in [-0.2, 0) is 11.8 Å². The van der Waals surface area contributed by atoms with Crippen LogP contribution in [0.15, 0.2) is 229 Å². The second-order valence-corrected chi connectivity index (χ2v) is 18.4. The summed E-state index contributed by atoms with van der Waals surface area (Å²) in [5.74, 6) is 1.55. The van der Waals surface area contributed by atoms with E-state index in [1.165, 1.54) is 77.7 Å². The molecule has 4 nitrogen and oxygen atoms in total. The second kappa shape index (κ2) is 15.4. The highest BCUT2D eigenvalue weighted by atomic mass is 16.4. The molecule has 9 aromatic carbocycles. The molecule has 0 amide bonds. The first kappa shape index (κ1) is 39.1. The molecule has 67 heavy (non-hydrogen) atoms. The quantitative estimate of drug-likeness (QED) is 0.152. The zero-order valence-corrected chi connectivity index (χ0v) is 37.5. The predicted molar refractivity (Wildman–Crippen MR) is 279 cm³/mol. The molecule has 13 rings (SSSR count). The molecule has 0 saturated carbocycles. The Hall–Kier alpha value is -8.34. The van der Waals surface area contributed by atoms with Gasteiger partial charge < -0.3 is 13.9 Å². The minimum atomic E-state index is -0.252. The van der Waals surface area contributed by atoms with Crippen LogP contribution in [0.4, 0.5) is 28.6 Å². The summed E-state index contributed by atoms with van der Waals surface area (Å²) in [5.41, 5.74) is 20.2. The third kappa shape index (κ3) is 6.28. The normalized spacial score (nSPS) is 13.5. The zero-order valence-electron chi connectivity index (χ0n) is 37.5. The zero-order chi connectivity index (χ0) is 44.6. The fourth-order valence-electron chi connectivity index (χ4n) is 11.1. The predicted octanol–water partition coefficient (Wildman–Crippen LogP) is 16.8. The lowest BCUT2D eigenvalue weighted by molar-refractivity contribution is 0.588. The standard InChI is InChI=1S/C63H47N3O/c1-63(2)55-27-14-12-25-53(55)61-54(52-26-16-19-44-37-38-64(62(44)52)46-20-8-4-9-21-46)40-49(41-56(61)63)65(48-32-29-43(30-33-48)42-17-6-3-7-18-42)60-36-35-59(67-60)45-31-34-51-50-24-13-15-28-57(50)66(58(51)39-45)47-22-10-5-11-23-47/h3-36,39-41H,37-38H2,1-2H3. The van der Waals surface area contributed by atoms with E-state index in [1.54, 1.807) is 0 Å². The van der Waals surface area contributed by atoms with Gasteiger partial charge >= 0.3 is 0 Å². The number of furan rings is 1. The van der Waals surface area contributed by atoms with Gasteiger partial charge in [0.2, 0.25) is 5.88 Å². The Bertz CT molecular complexity index is 3660. The summed E-state index contributed by atoms with van der Waals surface area (Å²) in [6, 6.07) is 81.5. The van der Waals surface area contributed by atoms with Gasteiger partial charge in [0.25, 0.3) is 0 Å². The summed E-state index contributed by atoms with van der Waals surface area (Å²) in [4.78, 5) is 4.83. The van der Waals surface area contributed by atoms with Crippen LogP contribution in [0.1, 0.15) is 30.5 Å². The number of hydrogen-bond acceptors (Lipinski definition) is 3. The van der Waals surface area contributed by atoms with E-state index in [1.807, 2.05) is 0 Å². The van der Waals surface area contributed by atoms with E-state index in [0.717, 1.165) is 52.8 Å². The number of para-hydroxylation sites is 4. The van der Waals surface area contributed by atoms with E-state index >= 15 is 0 Å². The van der Waals surface area contributed by atoms with Crippen molar-refractivity contribution in [3.63, 3.8) is 0 Å². The van der Waals surface area contributed by atoms with E-state index < -0.39 is 0 Å². The SMILES string of the molecule is CC1(C)c2ccccc2-c2c(-c3cccc4c3N(c3ccccc3)CC4)cc(N(c3ccc(-c4ccccc4)cc3)c3ccc(-c4ccc5c6ccccc6n(-c6ccccc6)c5c4)o3)cc21. The highest BCUT2D eigenvalue weighted by molar-refractivity contribution is 6.10. The Morgan fingerprint density at radius 1 is 0.463 bits per heavy atom. The van der Waals surface area contributed by atoms with Crippen LogP contribution in [0.3, 0.4) is 0 Å². The second-order valence-electron chi connectivity index (χ2n) is 18.4. The van der Waals surface area contributed by atoms with Crippen molar-refractivity contribution in [2.45, 2.75) is 25.7 Å². The summed E-state index contributed by atoms with van der Waals surface area (Å²) >= 11 is 0. The molecule has 0 atom stereocenters. The van der Waals surface area contributed by atoms with Gasteiger partial charge in [-0.1, -0.05) is 166 Å². The van der Waals surface area contributed by atoms with Gasteiger partial charge in [-0.25, -0.2) is 0 Å². The Morgan fingerprint density at radius 2 is 1.12 bits per heavy atom. The number of benzene rings is 9. The highest BCUT2D eigenvalue weighted by Crippen LogP contribution is 2.56. The number of nitrogens with zero attached hydrogens (tertiary/aromatic N) is 3. The summed E-state index contributed by atoms with van der Waals surface area (Å²) in [6.07, 6.45) is 0.995. The summed E-state index contributed by atoms with van der Waals surface area (Å²) < 4.78 is 9.53. The minimum Gasteiger partial charge on any atom is -0.440 e. The maximum absolute atomic E-state index is 7.16. The van der Waals surface area contributed by atoms with Gasteiger partial charge in [-0.05, 0) is 118 Å². The summed E-state index contributed by atoms with van der Waals surface area (Å²) in [7, 11) is 0. The fourth-order valence-corrected chi connectivity index (χ4v) is 11.1. The first-order chi connectivity index (χ1) is 33.0. The number of fused-ring (bicyclic) bond motifs is 7. The van der Waals surface area contributed by atoms with Crippen molar-refractivity contribution < 1.29 is 4.42 Å². The van der Waals surface area contributed by atoms with Crippen molar-refractivity contribution >= 4 is 50.4 Å². The molecular weight excluding hydrogens is 815 g/mol. The summed E-state index contributed by atoms with van der Waals surface area (Å²) in [6.45, 7) is 5.70. The van der Waals surface area contributed by atoms with Crippen LogP contribution in [0.5, 0.6) is 0 Å². The smallest absolute Gasteiger partial charge is 0.205 e. The molecule has 11 aromatic rings. The third-order valence-electron chi connectivity index (χ3n) is 14.3. The molecule has 1 aliphatic heterocycles. The third-order valence-corrected chi connectivity index (χ3v) is 14.3. The first-order valence-corrected chi connectivity index (χ1v) is 23.4. The first-order valence-electron chi connectivity index (χ1n) is 23.4. The molecule has 0 unspecified atom stereocenters. The number of aromatic nitrogens is 1. The number of hydrogen-bond donors (Lipinski definition) is 0. The average Bonchev–Trinajstić information content (AvgIpc) is 4.17. The van der Waals surface area contributed by atoms with E-state index in [9.17, 15) is 0 Å². The molecule has 0 bridgehead atoms. The maximum atomic E-state index is 7.16. The van der Waals surface area contributed by atoms with Crippen LogP contribution >= 0.6 is 0 Å². The molecule has 0 radical (unpaired) electrons. The fraction of sp³-hybridized carbons (Fsp3) is 0.0794. The lowest BCUT2D eigenvalue weighted by Crippen LogP contribution is -2.17. The van der Waals surface area contributed by atoms with Gasteiger partial charge in [-0.3, -0.25) is 4.90 Å². The lowest BCUT2D eigenvalue weighted by Gasteiger charge is -2.29. The van der Waals surface area contributed by atoms with Gasteiger partial charge in [-0.2, -0.15) is 0 Å². The molecule has 0 fully saturated rings. The van der Waals surface area contributed by atoms with Gasteiger partial charge in [0, 0.05) is 57.0 Å². The minimum absolute atomic E-state index is 0.252. The Balaban J connectivity index is 1.02. The molecule has 3 heterocycles. The van der Waals surface area contributed by atoms with Crippen molar-refractivity contribution in [1.29, 1.82) is 0 Å². The van der Waals surface area contributed by atoms with Gasteiger partial charge in [0.05, 0.1) is 22.4 Å². The molecule has 0 N–H and O–H groups in total. The molecule has 320 valence electrons. The highest BCUT2D eigenvalue weighted by Gasteiger charge is 2.39. The maximum Gasteiger partial charge on any atom is 0.205 e. The largest absolute Gasteiger partial charge is 0.440 e.